The summed E-state index contributed by atoms with van der Waals surface area (Å²) in [5, 5.41) is 2.44. The van der Waals surface area contributed by atoms with Crippen molar-refractivity contribution in [3.8, 4) is 11.4 Å². The van der Waals surface area contributed by atoms with Gasteiger partial charge in [0.15, 0.2) is 0 Å². The molecule has 0 aliphatic rings. The van der Waals surface area contributed by atoms with Crippen molar-refractivity contribution in [2.45, 2.75) is 39.8 Å². The Labute approximate surface area is 161 Å². The normalized spacial score (nSPS) is 11.8. The molecule has 0 amide bonds. The Morgan fingerprint density at radius 2 is 1.48 bits per heavy atom. The lowest BCUT2D eigenvalue weighted by Crippen LogP contribution is -2.36. The number of aryl methyl sites for hydroxylation is 1. The molecule has 0 atom stereocenters. The number of imidazole rings is 1. The van der Waals surface area contributed by atoms with E-state index in [4.69, 9.17) is 4.98 Å². The molecular weight excluding hydrogens is 330 g/mol. The zero-order valence-electron chi connectivity index (χ0n) is 16.8. The Hall–Kier alpha value is -2.81. The minimum Gasteiger partial charge on any atom is -0.367 e. The van der Waals surface area contributed by atoms with E-state index in [9.17, 15) is 0 Å². The van der Waals surface area contributed by atoms with E-state index in [0.717, 1.165) is 16.9 Å². The second-order valence-electron chi connectivity index (χ2n) is 7.79. The molecule has 3 aromatic carbocycles. The van der Waals surface area contributed by atoms with E-state index in [0.29, 0.717) is 12.1 Å². The number of benzene rings is 3. The van der Waals surface area contributed by atoms with E-state index >= 15 is 0 Å². The molecule has 0 N–H and O–H groups in total. The van der Waals surface area contributed by atoms with Crippen LogP contribution in [0, 0.1) is 0 Å². The molecule has 138 valence electrons. The number of aromatic nitrogens is 2. The average Bonchev–Trinajstić information content (AvgIpc) is 2.99. The summed E-state index contributed by atoms with van der Waals surface area (Å²) in [4.78, 5) is 7.44. The van der Waals surface area contributed by atoms with E-state index in [1.54, 1.807) is 0 Å². The van der Waals surface area contributed by atoms with Gasteiger partial charge in [-0.05, 0) is 63.4 Å². The van der Waals surface area contributed by atoms with E-state index in [1.807, 2.05) is 0 Å². The lowest BCUT2D eigenvalue weighted by atomic mass is 10.1. The molecule has 4 rings (SSSR count). The molecule has 0 aliphatic carbocycles. The molecule has 0 fully saturated rings. The maximum atomic E-state index is 5.00. The molecule has 0 radical (unpaired) electrons. The molecule has 4 aromatic rings. The Bertz CT molecular complexity index is 1080. The second kappa shape index (κ2) is 6.73. The van der Waals surface area contributed by atoms with E-state index in [-0.39, 0.29) is 0 Å². The maximum Gasteiger partial charge on any atom is 0.140 e. The van der Waals surface area contributed by atoms with Gasteiger partial charge in [0.05, 0.1) is 11.0 Å². The fraction of sp³-hybridized carbons (Fsp3) is 0.292. The third kappa shape index (κ3) is 2.97. The van der Waals surface area contributed by atoms with Gasteiger partial charge >= 0.3 is 0 Å². The Morgan fingerprint density at radius 3 is 2.15 bits per heavy atom. The van der Waals surface area contributed by atoms with Crippen molar-refractivity contribution in [1.29, 1.82) is 0 Å². The van der Waals surface area contributed by atoms with E-state index in [2.05, 4.69) is 105 Å². The van der Waals surface area contributed by atoms with Gasteiger partial charge in [0, 0.05) is 35.8 Å². The number of nitrogens with zero attached hydrogens (tertiary/aromatic N) is 3. The first-order chi connectivity index (χ1) is 13.0. The lowest BCUT2D eigenvalue weighted by molar-refractivity contribution is 0.608. The van der Waals surface area contributed by atoms with Crippen molar-refractivity contribution in [1.82, 2.24) is 9.55 Å². The molecule has 0 saturated carbocycles. The van der Waals surface area contributed by atoms with Crippen LogP contribution in [0.5, 0.6) is 0 Å². The van der Waals surface area contributed by atoms with Crippen molar-refractivity contribution in [3.63, 3.8) is 0 Å². The fourth-order valence-corrected chi connectivity index (χ4v) is 4.16. The first-order valence-electron chi connectivity index (χ1n) is 9.70. The van der Waals surface area contributed by atoms with Crippen LogP contribution in [0.25, 0.3) is 33.2 Å². The highest BCUT2D eigenvalue weighted by Crippen LogP contribution is 2.30. The van der Waals surface area contributed by atoms with Gasteiger partial charge in [-0.1, -0.05) is 30.3 Å². The van der Waals surface area contributed by atoms with Crippen LogP contribution in [0.4, 0.5) is 5.69 Å². The van der Waals surface area contributed by atoms with Crippen molar-refractivity contribution in [3.05, 3.63) is 60.7 Å². The molecule has 0 aliphatic heterocycles. The second-order valence-corrected chi connectivity index (χ2v) is 7.79. The topological polar surface area (TPSA) is 21.1 Å². The standard InChI is InChI=1S/C24H27N3/c1-16(2)27(17(3)4)20-13-10-19(11-14-20)24-25-23-21-9-7-6-8-18(21)12-15-22(23)26(24)5/h6-17H,1-5H3. The minimum absolute atomic E-state index is 0.470. The van der Waals surface area contributed by atoms with Crippen LogP contribution in [-0.2, 0) is 7.05 Å². The van der Waals surface area contributed by atoms with Crippen molar-refractivity contribution >= 4 is 27.5 Å². The summed E-state index contributed by atoms with van der Waals surface area (Å²) in [5.41, 5.74) is 4.64. The van der Waals surface area contributed by atoms with Crippen molar-refractivity contribution < 1.29 is 0 Å². The highest BCUT2D eigenvalue weighted by atomic mass is 15.2. The predicted octanol–water partition coefficient (Wildman–Crippen LogP) is 6.02. The summed E-state index contributed by atoms with van der Waals surface area (Å²) < 4.78 is 2.19. The van der Waals surface area contributed by atoms with Gasteiger partial charge in [-0.3, -0.25) is 0 Å². The van der Waals surface area contributed by atoms with E-state index < -0.39 is 0 Å². The third-order valence-corrected chi connectivity index (χ3v) is 5.31. The van der Waals surface area contributed by atoms with Crippen LogP contribution in [0.1, 0.15) is 27.7 Å². The van der Waals surface area contributed by atoms with Crippen molar-refractivity contribution in [2.75, 3.05) is 4.90 Å². The molecule has 1 aromatic heterocycles. The summed E-state index contributed by atoms with van der Waals surface area (Å²) in [6.07, 6.45) is 0. The minimum atomic E-state index is 0.470. The monoisotopic (exact) mass is 357 g/mol. The van der Waals surface area contributed by atoms with Gasteiger partial charge in [0.2, 0.25) is 0 Å². The Kier molecular flexibility index (Phi) is 4.39. The summed E-state index contributed by atoms with van der Waals surface area (Å²) in [5.74, 6) is 1.01. The summed E-state index contributed by atoms with van der Waals surface area (Å²) in [6, 6.07) is 22.5. The predicted molar refractivity (Wildman–Crippen MR) is 116 cm³/mol. The zero-order valence-corrected chi connectivity index (χ0v) is 16.8. The van der Waals surface area contributed by atoms with Gasteiger partial charge in [-0.2, -0.15) is 0 Å². The van der Waals surface area contributed by atoms with E-state index in [1.165, 1.54) is 22.0 Å². The number of fused-ring (bicyclic) bond motifs is 3. The number of rotatable bonds is 4. The zero-order chi connectivity index (χ0) is 19.1. The van der Waals surface area contributed by atoms with Crippen LogP contribution in [0.2, 0.25) is 0 Å². The molecule has 0 unspecified atom stereocenters. The van der Waals surface area contributed by atoms with Crippen LogP contribution < -0.4 is 4.90 Å². The van der Waals surface area contributed by atoms with Crippen LogP contribution >= 0.6 is 0 Å². The quantitative estimate of drug-likeness (QED) is 0.445. The van der Waals surface area contributed by atoms with Gasteiger partial charge < -0.3 is 9.47 Å². The third-order valence-electron chi connectivity index (χ3n) is 5.31. The largest absolute Gasteiger partial charge is 0.367 e. The molecule has 3 heteroatoms. The van der Waals surface area contributed by atoms with Crippen LogP contribution in [-0.4, -0.2) is 21.6 Å². The maximum absolute atomic E-state index is 5.00. The van der Waals surface area contributed by atoms with Gasteiger partial charge in [0.1, 0.15) is 5.82 Å². The number of hydrogen-bond acceptors (Lipinski definition) is 2. The highest BCUT2D eigenvalue weighted by molar-refractivity contribution is 6.05. The molecule has 0 saturated heterocycles. The SMILES string of the molecule is CC(C)N(c1ccc(-c2nc3c4ccccc4ccc3n2C)cc1)C(C)C. The smallest absolute Gasteiger partial charge is 0.140 e. The lowest BCUT2D eigenvalue weighted by Gasteiger charge is -2.33. The summed E-state index contributed by atoms with van der Waals surface area (Å²) in [6.45, 7) is 8.96. The van der Waals surface area contributed by atoms with Gasteiger partial charge in [-0.25, -0.2) is 4.98 Å². The summed E-state index contributed by atoms with van der Waals surface area (Å²) >= 11 is 0. The van der Waals surface area contributed by atoms with Crippen molar-refractivity contribution in [2.24, 2.45) is 7.05 Å². The van der Waals surface area contributed by atoms with Crippen LogP contribution in [0.3, 0.4) is 0 Å². The molecule has 27 heavy (non-hydrogen) atoms. The fourth-order valence-electron chi connectivity index (χ4n) is 4.16. The first-order valence-corrected chi connectivity index (χ1v) is 9.70. The Morgan fingerprint density at radius 1 is 0.815 bits per heavy atom. The van der Waals surface area contributed by atoms with Crippen LogP contribution in [0.15, 0.2) is 60.7 Å². The van der Waals surface area contributed by atoms with Gasteiger partial charge in [-0.15, -0.1) is 0 Å². The first kappa shape index (κ1) is 17.6. The molecule has 0 bridgehead atoms. The Balaban J connectivity index is 1.80. The number of anilines is 1. The molecule has 0 spiro atoms. The summed E-state index contributed by atoms with van der Waals surface area (Å²) in [7, 11) is 2.10. The molecule has 1 heterocycles. The highest BCUT2D eigenvalue weighted by Gasteiger charge is 2.16. The average molecular weight is 358 g/mol. The number of hydrogen-bond donors (Lipinski definition) is 0. The van der Waals surface area contributed by atoms with Gasteiger partial charge in [0.25, 0.3) is 0 Å². The molecular formula is C24H27N3. The molecule has 3 nitrogen and oxygen atoms in total.